The normalized spacial score (nSPS) is 22.7. The van der Waals surface area contributed by atoms with Gasteiger partial charge in [-0.15, -0.1) is 0 Å². The van der Waals surface area contributed by atoms with Gasteiger partial charge in [-0.2, -0.15) is 5.26 Å². The molecule has 0 saturated heterocycles. The Morgan fingerprint density at radius 3 is 2.80 bits per heavy atom. The average Bonchev–Trinajstić information content (AvgIpc) is 2.55. The summed E-state index contributed by atoms with van der Waals surface area (Å²) >= 11 is 0. The molecule has 134 valence electrons. The van der Waals surface area contributed by atoms with Crippen LogP contribution in [0.2, 0.25) is 0 Å². The minimum absolute atomic E-state index is 0.224. The van der Waals surface area contributed by atoms with Crippen LogP contribution in [0.3, 0.4) is 0 Å². The van der Waals surface area contributed by atoms with Crippen molar-refractivity contribution >= 4 is 17.6 Å². The fraction of sp³-hybridized carbons (Fsp3) is 0.526. The zero-order chi connectivity index (χ0) is 18.4. The molecule has 0 aromatic heterocycles. The molecule has 1 N–H and O–H groups in total. The van der Waals surface area contributed by atoms with Gasteiger partial charge in [0.1, 0.15) is 17.4 Å². The van der Waals surface area contributed by atoms with Gasteiger partial charge >= 0.3 is 5.97 Å². The molecule has 0 heterocycles. The summed E-state index contributed by atoms with van der Waals surface area (Å²) in [4.78, 5) is 24.0. The predicted molar refractivity (Wildman–Crippen MR) is 93.1 cm³/mol. The number of nitrogens with zero attached hydrogens (tertiary/aromatic N) is 1. The third-order valence-corrected chi connectivity index (χ3v) is 4.41. The fourth-order valence-electron chi connectivity index (χ4n) is 3.37. The van der Waals surface area contributed by atoms with E-state index in [4.69, 9.17) is 9.47 Å². The molecule has 2 atom stereocenters. The highest BCUT2D eigenvalue weighted by Crippen LogP contribution is 2.36. The number of hydrogen-bond acceptors (Lipinski definition) is 5. The van der Waals surface area contributed by atoms with Crippen LogP contribution in [-0.4, -0.2) is 24.1 Å². The molecule has 1 saturated carbocycles. The minimum atomic E-state index is -0.853. The average molecular weight is 344 g/mol. The summed E-state index contributed by atoms with van der Waals surface area (Å²) in [5, 5.41) is 12.2. The van der Waals surface area contributed by atoms with E-state index in [2.05, 4.69) is 12.2 Å². The first-order valence-corrected chi connectivity index (χ1v) is 8.58. The number of carbonyl (C=O) groups is 2. The van der Waals surface area contributed by atoms with Crippen LogP contribution >= 0.6 is 0 Å². The van der Waals surface area contributed by atoms with Gasteiger partial charge in [0.25, 0.3) is 5.91 Å². The van der Waals surface area contributed by atoms with Crippen LogP contribution in [0, 0.1) is 17.2 Å². The molecule has 0 aliphatic heterocycles. The van der Waals surface area contributed by atoms with Gasteiger partial charge in [0, 0.05) is 19.6 Å². The third-order valence-electron chi connectivity index (χ3n) is 4.41. The lowest BCUT2D eigenvalue weighted by Crippen LogP contribution is -2.48. The molecule has 0 spiro atoms. The number of anilines is 1. The van der Waals surface area contributed by atoms with Crippen molar-refractivity contribution in [3.63, 3.8) is 0 Å². The third kappa shape index (κ3) is 4.58. The lowest BCUT2D eigenvalue weighted by atomic mass is 9.78. The summed E-state index contributed by atoms with van der Waals surface area (Å²) < 4.78 is 10.8. The summed E-state index contributed by atoms with van der Waals surface area (Å²) in [6.07, 6.45) is 3.36. The van der Waals surface area contributed by atoms with Crippen LogP contribution in [0.1, 0.15) is 52.0 Å². The van der Waals surface area contributed by atoms with Crippen molar-refractivity contribution in [1.82, 2.24) is 0 Å². The monoisotopic (exact) mass is 344 g/mol. The second-order valence-electron chi connectivity index (χ2n) is 6.50. The van der Waals surface area contributed by atoms with Gasteiger partial charge in [-0.1, -0.05) is 13.3 Å². The summed E-state index contributed by atoms with van der Waals surface area (Å²) in [6.45, 7) is 5.74. The highest BCUT2D eigenvalue weighted by molar-refractivity contribution is 5.98. The standard InChI is InChI=1S/C19H24N2O4/c1-4-24-19(9-5-6-13(2)11-19)18(23)21-17-8-7-16(25-14(3)22)10-15(17)12-20/h7-8,10,13H,4-6,9,11H2,1-3H3,(H,21,23)/t13-,19+/m1/s1. The Balaban J connectivity index is 2.23. The quantitative estimate of drug-likeness (QED) is 0.653. The minimum Gasteiger partial charge on any atom is -0.427 e. The van der Waals surface area contributed by atoms with E-state index in [9.17, 15) is 14.9 Å². The lowest BCUT2D eigenvalue weighted by molar-refractivity contribution is -0.147. The summed E-state index contributed by atoms with van der Waals surface area (Å²) in [5.41, 5.74) is -0.225. The Hall–Kier alpha value is -2.39. The molecule has 1 amide bonds. The summed E-state index contributed by atoms with van der Waals surface area (Å²) in [5.74, 6) is -0.00880. The smallest absolute Gasteiger partial charge is 0.308 e. The van der Waals surface area contributed by atoms with E-state index < -0.39 is 11.6 Å². The van der Waals surface area contributed by atoms with Crippen molar-refractivity contribution in [2.75, 3.05) is 11.9 Å². The van der Waals surface area contributed by atoms with E-state index >= 15 is 0 Å². The van der Waals surface area contributed by atoms with Crippen LogP contribution in [0.5, 0.6) is 5.75 Å². The molecule has 1 aromatic rings. The number of hydrogen-bond donors (Lipinski definition) is 1. The molecule has 0 bridgehead atoms. The van der Waals surface area contributed by atoms with Gasteiger partial charge in [-0.3, -0.25) is 9.59 Å². The van der Waals surface area contributed by atoms with Gasteiger partial charge in [0.15, 0.2) is 0 Å². The Labute approximate surface area is 148 Å². The van der Waals surface area contributed by atoms with Crippen LogP contribution in [0.25, 0.3) is 0 Å². The molecule has 6 heteroatoms. The van der Waals surface area contributed by atoms with Crippen LogP contribution in [0.15, 0.2) is 18.2 Å². The van der Waals surface area contributed by atoms with Crippen molar-refractivity contribution in [3.05, 3.63) is 23.8 Å². The Bertz CT molecular complexity index is 691. The van der Waals surface area contributed by atoms with E-state index in [0.717, 1.165) is 12.8 Å². The molecule has 6 nitrogen and oxygen atoms in total. The number of carbonyl (C=O) groups excluding carboxylic acids is 2. The van der Waals surface area contributed by atoms with Gasteiger partial charge < -0.3 is 14.8 Å². The second kappa shape index (κ2) is 8.13. The molecule has 0 unspecified atom stereocenters. The van der Waals surface area contributed by atoms with Gasteiger partial charge in [-0.05, 0) is 44.2 Å². The maximum absolute atomic E-state index is 12.9. The second-order valence-corrected chi connectivity index (χ2v) is 6.50. The first-order chi connectivity index (χ1) is 11.9. The number of benzene rings is 1. The Morgan fingerprint density at radius 1 is 1.44 bits per heavy atom. The maximum atomic E-state index is 12.9. The van der Waals surface area contributed by atoms with E-state index in [1.54, 1.807) is 12.1 Å². The van der Waals surface area contributed by atoms with Crippen molar-refractivity contribution in [1.29, 1.82) is 5.26 Å². The number of nitriles is 1. The van der Waals surface area contributed by atoms with E-state index in [0.29, 0.717) is 31.1 Å². The molecular formula is C19H24N2O4. The number of esters is 1. The van der Waals surface area contributed by atoms with Crippen molar-refractivity contribution in [2.24, 2.45) is 5.92 Å². The number of amides is 1. The van der Waals surface area contributed by atoms with E-state index in [-0.39, 0.29) is 17.2 Å². The Kier molecular flexibility index (Phi) is 6.16. The largest absolute Gasteiger partial charge is 0.427 e. The molecule has 25 heavy (non-hydrogen) atoms. The van der Waals surface area contributed by atoms with Gasteiger partial charge in [0.05, 0.1) is 11.3 Å². The highest BCUT2D eigenvalue weighted by Gasteiger charge is 2.42. The first-order valence-electron chi connectivity index (χ1n) is 8.58. The fourth-order valence-corrected chi connectivity index (χ4v) is 3.37. The highest BCUT2D eigenvalue weighted by atomic mass is 16.5. The van der Waals surface area contributed by atoms with Crippen LogP contribution in [-0.2, 0) is 14.3 Å². The zero-order valence-corrected chi connectivity index (χ0v) is 14.9. The molecule has 1 aromatic carbocycles. The van der Waals surface area contributed by atoms with Gasteiger partial charge in [-0.25, -0.2) is 0 Å². The molecule has 1 aliphatic carbocycles. The van der Waals surface area contributed by atoms with Crippen molar-refractivity contribution in [2.45, 2.75) is 52.1 Å². The number of rotatable bonds is 5. The molecule has 2 rings (SSSR count). The zero-order valence-electron chi connectivity index (χ0n) is 14.9. The molecule has 0 radical (unpaired) electrons. The lowest BCUT2D eigenvalue weighted by Gasteiger charge is -2.38. The van der Waals surface area contributed by atoms with Crippen molar-refractivity contribution in [3.8, 4) is 11.8 Å². The number of nitrogens with one attached hydrogen (secondary N) is 1. The van der Waals surface area contributed by atoms with Crippen molar-refractivity contribution < 1.29 is 19.1 Å². The SMILES string of the molecule is CCO[C@@]1(C(=O)Nc2ccc(OC(C)=O)cc2C#N)CCC[C@@H](C)C1. The molecule has 1 fully saturated rings. The predicted octanol–water partition coefficient (Wildman–Crippen LogP) is 3.41. The molecular weight excluding hydrogens is 320 g/mol. The Morgan fingerprint density at radius 2 is 2.20 bits per heavy atom. The van der Waals surface area contributed by atoms with Crippen LogP contribution in [0.4, 0.5) is 5.69 Å². The first kappa shape index (κ1) is 18.9. The maximum Gasteiger partial charge on any atom is 0.308 e. The van der Waals surface area contributed by atoms with E-state index in [1.165, 1.54) is 13.0 Å². The van der Waals surface area contributed by atoms with Crippen LogP contribution < -0.4 is 10.1 Å². The van der Waals surface area contributed by atoms with Gasteiger partial charge in [0.2, 0.25) is 0 Å². The topological polar surface area (TPSA) is 88.4 Å². The summed E-state index contributed by atoms with van der Waals surface area (Å²) in [6, 6.07) is 6.58. The number of ether oxygens (including phenoxy) is 2. The summed E-state index contributed by atoms with van der Waals surface area (Å²) in [7, 11) is 0. The molecule has 1 aliphatic rings. The van der Waals surface area contributed by atoms with E-state index in [1.807, 2.05) is 13.0 Å².